The van der Waals surface area contributed by atoms with E-state index in [0.717, 1.165) is 22.0 Å². The molecular formula is C22H16Cl2N4O2. The van der Waals surface area contributed by atoms with Crippen molar-refractivity contribution in [3.63, 3.8) is 0 Å². The number of anilines is 1. The number of hydrogen-bond acceptors (Lipinski definition) is 6. The van der Waals surface area contributed by atoms with E-state index < -0.39 is 0 Å². The molecule has 2 N–H and O–H groups in total. The summed E-state index contributed by atoms with van der Waals surface area (Å²) < 4.78 is 5.12. The van der Waals surface area contributed by atoms with Gasteiger partial charge in [-0.05, 0) is 54.1 Å². The molecule has 30 heavy (non-hydrogen) atoms. The number of methoxy groups -OCH3 is 1. The standard InChI is InChI=1S/C22H16Cl2N4O2/c1-30-20-10-13(6-9-19(20)29)12-25-28-22-15-4-2-3-5-18(15)26-21(27-22)14-7-8-16(23)17(24)11-14/h2-12,29H,1H3,(H,26,27,28)/b25-12+. The molecule has 0 unspecified atom stereocenters. The predicted octanol–water partition coefficient (Wildman–Crippen LogP) is 5.76. The molecule has 6 nitrogen and oxygen atoms in total. The highest BCUT2D eigenvalue weighted by molar-refractivity contribution is 6.42. The van der Waals surface area contributed by atoms with E-state index in [2.05, 4.69) is 20.5 Å². The van der Waals surface area contributed by atoms with E-state index >= 15 is 0 Å². The topological polar surface area (TPSA) is 79.6 Å². The van der Waals surface area contributed by atoms with Crippen molar-refractivity contribution in [1.29, 1.82) is 0 Å². The monoisotopic (exact) mass is 438 g/mol. The number of phenols is 1. The molecule has 0 saturated heterocycles. The molecule has 8 heteroatoms. The van der Waals surface area contributed by atoms with Crippen LogP contribution < -0.4 is 10.2 Å². The average Bonchev–Trinajstić information content (AvgIpc) is 2.76. The van der Waals surface area contributed by atoms with Crippen molar-refractivity contribution in [2.75, 3.05) is 12.5 Å². The van der Waals surface area contributed by atoms with Crippen molar-refractivity contribution in [3.8, 4) is 22.9 Å². The van der Waals surface area contributed by atoms with Crippen LogP contribution >= 0.6 is 23.2 Å². The summed E-state index contributed by atoms with van der Waals surface area (Å²) in [6, 6.07) is 17.8. The third kappa shape index (κ3) is 4.15. The highest BCUT2D eigenvalue weighted by Crippen LogP contribution is 2.30. The van der Waals surface area contributed by atoms with Gasteiger partial charge in [0.15, 0.2) is 23.1 Å². The lowest BCUT2D eigenvalue weighted by atomic mass is 10.2. The Hall–Kier alpha value is -3.35. The van der Waals surface area contributed by atoms with E-state index in [-0.39, 0.29) is 5.75 Å². The van der Waals surface area contributed by atoms with Gasteiger partial charge < -0.3 is 9.84 Å². The van der Waals surface area contributed by atoms with Gasteiger partial charge in [-0.3, -0.25) is 5.43 Å². The van der Waals surface area contributed by atoms with E-state index in [1.165, 1.54) is 7.11 Å². The lowest BCUT2D eigenvalue weighted by Crippen LogP contribution is -1.99. The van der Waals surface area contributed by atoms with Gasteiger partial charge in [0.25, 0.3) is 0 Å². The lowest BCUT2D eigenvalue weighted by Gasteiger charge is -2.09. The molecule has 0 aliphatic rings. The minimum Gasteiger partial charge on any atom is -0.504 e. The summed E-state index contributed by atoms with van der Waals surface area (Å²) >= 11 is 12.2. The predicted molar refractivity (Wildman–Crippen MR) is 121 cm³/mol. The number of rotatable bonds is 5. The number of fused-ring (bicyclic) bond motifs is 1. The number of halogens is 2. The van der Waals surface area contributed by atoms with Crippen LogP contribution in [0.3, 0.4) is 0 Å². The second-order valence-electron chi connectivity index (χ2n) is 6.34. The number of phenolic OH excluding ortho intramolecular Hbond substituents is 1. The van der Waals surface area contributed by atoms with Crippen LogP contribution in [0.25, 0.3) is 22.3 Å². The molecule has 0 fully saturated rings. The fourth-order valence-corrected chi connectivity index (χ4v) is 3.17. The van der Waals surface area contributed by atoms with Crippen LogP contribution in [-0.2, 0) is 0 Å². The van der Waals surface area contributed by atoms with Crippen LogP contribution in [0.15, 0.2) is 65.8 Å². The summed E-state index contributed by atoms with van der Waals surface area (Å²) in [7, 11) is 1.49. The molecule has 3 aromatic carbocycles. The maximum atomic E-state index is 9.71. The number of para-hydroxylation sites is 1. The number of benzene rings is 3. The van der Waals surface area contributed by atoms with Crippen LogP contribution in [0.5, 0.6) is 11.5 Å². The van der Waals surface area contributed by atoms with Crippen LogP contribution in [-0.4, -0.2) is 28.4 Å². The van der Waals surface area contributed by atoms with E-state index in [1.807, 2.05) is 30.3 Å². The van der Waals surface area contributed by atoms with Crippen LogP contribution in [0, 0.1) is 0 Å². The Morgan fingerprint density at radius 2 is 1.83 bits per heavy atom. The maximum Gasteiger partial charge on any atom is 0.162 e. The van der Waals surface area contributed by atoms with Crippen LogP contribution in [0.1, 0.15) is 5.56 Å². The zero-order valence-electron chi connectivity index (χ0n) is 15.8. The third-order valence-electron chi connectivity index (χ3n) is 4.37. The molecule has 0 bridgehead atoms. The summed E-state index contributed by atoms with van der Waals surface area (Å²) in [6.45, 7) is 0. The molecule has 150 valence electrons. The normalized spacial score (nSPS) is 11.2. The zero-order chi connectivity index (χ0) is 21.1. The minimum atomic E-state index is 0.0654. The van der Waals surface area contributed by atoms with E-state index in [0.29, 0.717) is 27.4 Å². The smallest absolute Gasteiger partial charge is 0.162 e. The number of aromatic nitrogens is 2. The first-order valence-electron chi connectivity index (χ1n) is 8.93. The summed E-state index contributed by atoms with van der Waals surface area (Å²) in [5.74, 6) is 1.48. The SMILES string of the molecule is COc1cc(/C=N/Nc2nc(-c3ccc(Cl)c(Cl)c3)nc3ccccc23)ccc1O. The van der Waals surface area contributed by atoms with Crippen LogP contribution in [0.2, 0.25) is 10.0 Å². The molecule has 0 spiro atoms. The largest absolute Gasteiger partial charge is 0.504 e. The Kier molecular flexibility index (Phi) is 5.70. The minimum absolute atomic E-state index is 0.0654. The quantitative estimate of drug-likeness (QED) is 0.305. The average molecular weight is 439 g/mol. The Labute approximate surface area is 182 Å². The molecule has 0 aliphatic heterocycles. The Morgan fingerprint density at radius 3 is 2.63 bits per heavy atom. The van der Waals surface area contributed by atoms with Gasteiger partial charge in [0.1, 0.15) is 0 Å². The van der Waals surface area contributed by atoms with Crippen LogP contribution in [0.4, 0.5) is 5.82 Å². The molecular weight excluding hydrogens is 423 g/mol. The van der Waals surface area contributed by atoms with Crippen molar-refractivity contribution in [2.45, 2.75) is 0 Å². The fraction of sp³-hybridized carbons (Fsp3) is 0.0455. The number of nitrogens with one attached hydrogen (secondary N) is 1. The number of hydrogen-bond donors (Lipinski definition) is 2. The zero-order valence-corrected chi connectivity index (χ0v) is 17.3. The molecule has 0 aliphatic carbocycles. The van der Waals surface area contributed by atoms with Gasteiger partial charge in [0.05, 0.1) is 28.9 Å². The van der Waals surface area contributed by atoms with Gasteiger partial charge in [-0.1, -0.05) is 35.3 Å². The molecule has 4 rings (SSSR count). The summed E-state index contributed by atoms with van der Waals surface area (Å²) in [6.07, 6.45) is 1.61. The third-order valence-corrected chi connectivity index (χ3v) is 5.11. The second kappa shape index (κ2) is 8.57. The molecule has 0 radical (unpaired) electrons. The van der Waals surface area contributed by atoms with Gasteiger partial charge in [-0.15, -0.1) is 0 Å². The first-order chi connectivity index (χ1) is 14.5. The summed E-state index contributed by atoms with van der Waals surface area (Å²) in [5, 5.41) is 15.7. The number of hydrazone groups is 1. The summed E-state index contributed by atoms with van der Waals surface area (Å²) in [5.41, 5.74) is 5.23. The molecule has 1 heterocycles. The fourth-order valence-electron chi connectivity index (χ4n) is 2.87. The van der Waals surface area contributed by atoms with Gasteiger partial charge in [0, 0.05) is 10.9 Å². The number of aromatic hydroxyl groups is 1. The van der Waals surface area contributed by atoms with E-state index in [1.54, 1.807) is 36.5 Å². The number of nitrogens with zero attached hydrogens (tertiary/aromatic N) is 3. The Bertz CT molecular complexity index is 1260. The van der Waals surface area contributed by atoms with Gasteiger partial charge in [0.2, 0.25) is 0 Å². The van der Waals surface area contributed by atoms with Crippen molar-refractivity contribution in [3.05, 3.63) is 76.3 Å². The van der Waals surface area contributed by atoms with Crippen molar-refractivity contribution >= 4 is 46.1 Å². The van der Waals surface area contributed by atoms with E-state index in [9.17, 15) is 5.11 Å². The molecule has 4 aromatic rings. The summed E-state index contributed by atoms with van der Waals surface area (Å²) in [4.78, 5) is 9.25. The molecule has 0 atom stereocenters. The highest BCUT2D eigenvalue weighted by atomic mass is 35.5. The first kappa shape index (κ1) is 19.9. The van der Waals surface area contributed by atoms with Crippen molar-refractivity contribution < 1.29 is 9.84 Å². The lowest BCUT2D eigenvalue weighted by molar-refractivity contribution is 0.373. The van der Waals surface area contributed by atoms with E-state index in [4.69, 9.17) is 27.9 Å². The highest BCUT2D eigenvalue weighted by Gasteiger charge is 2.10. The molecule has 0 amide bonds. The Morgan fingerprint density at radius 1 is 1.00 bits per heavy atom. The maximum absolute atomic E-state index is 9.71. The van der Waals surface area contributed by atoms with Crippen molar-refractivity contribution in [1.82, 2.24) is 9.97 Å². The molecule has 1 aromatic heterocycles. The first-order valence-corrected chi connectivity index (χ1v) is 9.69. The number of ether oxygens (including phenoxy) is 1. The molecule has 0 saturated carbocycles. The second-order valence-corrected chi connectivity index (χ2v) is 7.16. The van der Waals surface area contributed by atoms with Gasteiger partial charge >= 0.3 is 0 Å². The van der Waals surface area contributed by atoms with Gasteiger partial charge in [-0.2, -0.15) is 5.10 Å². The van der Waals surface area contributed by atoms with Gasteiger partial charge in [-0.25, -0.2) is 9.97 Å². The Balaban J connectivity index is 1.70. The van der Waals surface area contributed by atoms with Crippen molar-refractivity contribution in [2.24, 2.45) is 5.10 Å².